The van der Waals surface area contributed by atoms with Crippen LogP contribution in [0.3, 0.4) is 0 Å². The largest absolute Gasteiger partial charge is 0.342 e. The number of nitrogens with one attached hydrogen (secondary N) is 1. The SMILES string of the molecule is CCN(CC)C(=O)Cn1cncc1CNC(C)(C)C. The summed E-state index contributed by atoms with van der Waals surface area (Å²) in [6.07, 6.45) is 3.54. The van der Waals surface area contributed by atoms with E-state index in [1.165, 1.54) is 0 Å². The van der Waals surface area contributed by atoms with Crippen LogP contribution in [0, 0.1) is 0 Å². The van der Waals surface area contributed by atoms with E-state index in [0.29, 0.717) is 6.54 Å². The monoisotopic (exact) mass is 266 g/mol. The molecule has 5 nitrogen and oxygen atoms in total. The highest BCUT2D eigenvalue weighted by molar-refractivity contribution is 5.76. The van der Waals surface area contributed by atoms with E-state index in [4.69, 9.17) is 0 Å². The molecule has 0 saturated carbocycles. The molecule has 0 aliphatic rings. The van der Waals surface area contributed by atoms with Gasteiger partial charge in [-0.25, -0.2) is 4.98 Å². The van der Waals surface area contributed by atoms with Gasteiger partial charge in [-0.3, -0.25) is 4.79 Å². The quantitative estimate of drug-likeness (QED) is 0.851. The molecule has 1 aromatic heterocycles. The van der Waals surface area contributed by atoms with Crippen molar-refractivity contribution in [3.63, 3.8) is 0 Å². The van der Waals surface area contributed by atoms with Crippen LogP contribution in [0.5, 0.6) is 0 Å². The summed E-state index contributed by atoms with van der Waals surface area (Å²) in [5.41, 5.74) is 1.09. The Hall–Kier alpha value is -1.36. The van der Waals surface area contributed by atoms with Crippen molar-refractivity contribution in [2.75, 3.05) is 13.1 Å². The molecule has 0 unspecified atom stereocenters. The minimum atomic E-state index is 0.0536. The van der Waals surface area contributed by atoms with Crippen molar-refractivity contribution in [1.29, 1.82) is 0 Å². The zero-order valence-electron chi connectivity index (χ0n) is 12.7. The molecule has 1 amide bonds. The van der Waals surface area contributed by atoms with Crippen LogP contribution in [0.1, 0.15) is 40.3 Å². The first-order valence-corrected chi connectivity index (χ1v) is 6.89. The first-order chi connectivity index (χ1) is 8.87. The van der Waals surface area contributed by atoms with E-state index in [9.17, 15) is 4.79 Å². The molecular formula is C14H26N4O. The van der Waals surface area contributed by atoms with Crippen molar-refractivity contribution >= 4 is 5.91 Å². The van der Waals surface area contributed by atoms with Crippen LogP contribution in [0.2, 0.25) is 0 Å². The number of nitrogens with zero attached hydrogens (tertiary/aromatic N) is 3. The van der Waals surface area contributed by atoms with Gasteiger partial charge in [0.25, 0.3) is 0 Å². The molecule has 0 radical (unpaired) electrons. The Labute approximate surface area is 116 Å². The fourth-order valence-corrected chi connectivity index (χ4v) is 1.82. The first-order valence-electron chi connectivity index (χ1n) is 6.89. The van der Waals surface area contributed by atoms with Crippen LogP contribution in [0.25, 0.3) is 0 Å². The zero-order valence-corrected chi connectivity index (χ0v) is 12.7. The molecule has 1 aromatic rings. The number of carbonyl (C=O) groups excluding carboxylic acids is 1. The summed E-state index contributed by atoms with van der Waals surface area (Å²) in [6, 6.07) is 0. The van der Waals surface area contributed by atoms with E-state index in [1.54, 1.807) is 6.33 Å². The highest BCUT2D eigenvalue weighted by Gasteiger charge is 2.14. The Morgan fingerprint density at radius 2 is 2.00 bits per heavy atom. The lowest BCUT2D eigenvalue weighted by molar-refractivity contribution is -0.131. The van der Waals surface area contributed by atoms with Crippen molar-refractivity contribution < 1.29 is 4.79 Å². The fraction of sp³-hybridized carbons (Fsp3) is 0.714. The average molecular weight is 266 g/mol. The van der Waals surface area contributed by atoms with Crippen molar-refractivity contribution in [3.8, 4) is 0 Å². The number of hydrogen-bond donors (Lipinski definition) is 1. The van der Waals surface area contributed by atoms with Gasteiger partial charge >= 0.3 is 0 Å². The number of rotatable bonds is 6. The molecule has 1 rings (SSSR count). The normalized spacial score (nSPS) is 11.6. The minimum Gasteiger partial charge on any atom is -0.342 e. The van der Waals surface area contributed by atoms with Gasteiger partial charge in [0, 0.05) is 31.4 Å². The molecular weight excluding hydrogens is 240 g/mol. The molecule has 19 heavy (non-hydrogen) atoms. The Kier molecular flexibility index (Phi) is 5.54. The lowest BCUT2D eigenvalue weighted by Crippen LogP contribution is -2.37. The van der Waals surface area contributed by atoms with E-state index in [-0.39, 0.29) is 11.4 Å². The third-order valence-electron chi connectivity index (χ3n) is 3.02. The standard InChI is InChI=1S/C14H26N4O/c1-6-17(7-2)13(19)10-18-11-15-8-12(18)9-16-14(3,4)5/h8,11,16H,6-7,9-10H2,1-5H3. The molecule has 0 aliphatic carbocycles. The fourth-order valence-electron chi connectivity index (χ4n) is 1.82. The molecule has 0 atom stereocenters. The summed E-state index contributed by atoms with van der Waals surface area (Å²) in [4.78, 5) is 18.1. The van der Waals surface area contributed by atoms with Gasteiger partial charge in [-0.1, -0.05) is 0 Å². The third-order valence-corrected chi connectivity index (χ3v) is 3.02. The second kappa shape index (κ2) is 6.70. The van der Waals surface area contributed by atoms with Crippen molar-refractivity contribution in [2.45, 2.75) is 53.2 Å². The molecule has 1 N–H and O–H groups in total. The lowest BCUT2D eigenvalue weighted by atomic mass is 10.1. The van der Waals surface area contributed by atoms with Gasteiger partial charge in [-0.2, -0.15) is 0 Å². The summed E-state index contributed by atoms with van der Waals surface area (Å²) in [5.74, 6) is 0.139. The van der Waals surface area contributed by atoms with Crippen molar-refractivity contribution in [2.24, 2.45) is 0 Å². The molecule has 0 bridgehead atoms. The van der Waals surface area contributed by atoms with Crippen LogP contribution in [-0.2, 0) is 17.9 Å². The maximum atomic E-state index is 12.1. The number of amides is 1. The Balaban J connectivity index is 2.65. The number of carbonyl (C=O) groups is 1. The maximum Gasteiger partial charge on any atom is 0.242 e. The molecule has 0 saturated heterocycles. The molecule has 0 aromatic carbocycles. The van der Waals surface area contributed by atoms with Gasteiger partial charge in [0.15, 0.2) is 0 Å². The molecule has 0 fully saturated rings. The summed E-state index contributed by atoms with van der Waals surface area (Å²) >= 11 is 0. The topological polar surface area (TPSA) is 50.2 Å². The molecule has 0 spiro atoms. The van der Waals surface area contributed by atoms with Crippen LogP contribution in [0.15, 0.2) is 12.5 Å². The third kappa shape index (κ3) is 5.03. The highest BCUT2D eigenvalue weighted by Crippen LogP contribution is 2.05. The predicted octanol–water partition coefficient (Wildman–Crippen LogP) is 1.64. The van der Waals surface area contributed by atoms with E-state index >= 15 is 0 Å². The number of likely N-dealkylation sites (N-methyl/N-ethyl adjacent to an activating group) is 1. The highest BCUT2D eigenvalue weighted by atomic mass is 16.2. The van der Waals surface area contributed by atoms with Crippen LogP contribution < -0.4 is 5.32 Å². The van der Waals surface area contributed by atoms with Gasteiger partial charge < -0.3 is 14.8 Å². The first kappa shape index (κ1) is 15.7. The zero-order chi connectivity index (χ0) is 14.5. The minimum absolute atomic E-state index is 0.0536. The van der Waals surface area contributed by atoms with Crippen molar-refractivity contribution in [3.05, 3.63) is 18.2 Å². The van der Waals surface area contributed by atoms with Crippen LogP contribution in [-0.4, -0.2) is 39.0 Å². The van der Waals surface area contributed by atoms with E-state index in [0.717, 1.165) is 25.3 Å². The van der Waals surface area contributed by atoms with E-state index < -0.39 is 0 Å². The summed E-state index contributed by atoms with van der Waals surface area (Å²) in [5, 5.41) is 3.41. The number of hydrogen-bond acceptors (Lipinski definition) is 3. The molecule has 0 aliphatic heterocycles. The van der Waals surface area contributed by atoms with Crippen LogP contribution >= 0.6 is 0 Å². The van der Waals surface area contributed by atoms with Gasteiger partial charge in [0.2, 0.25) is 5.91 Å². The second-order valence-corrected chi connectivity index (χ2v) is 5.68. The Morgan fingerprint density at radius 1 is 1.37 bits per heavy atom. The van der Waals surface area contributed by atoms with Gasteiger partial charge in [-0.15, -0.1) is 0 Å². The molecule has 5 heteroatoms. The van der Waals surface area contributed by atoms with E-state index in [2.05, 4.69) is 31.1 Å². The molecule has 1 heterocycles. The molecule has 108 valence electrons. The van der Waals surface area contributed by atoms with Crippen LogP contribution in [0.4, 0.5) is 0 Å². The van der Waals surface area contributed by atoms with Gasteiger partial charge in [-0.05, 0) is 34.6 Å². The summed E-state index contributed by atoms with van der Waals surface area (Å²) in [7, 11) is 0. The maximum absolute atomic E-state index is 12.1. The Morgan fingerprint density at radius 3 is 2.53 bits per heavy atom. The number of aromatic nitrogens is 2. The predicted molar refractivity (Wildman–Crippen MR) is 76.7 cm³/mol. The van der Waals surface area contributed by atoms with Crippen molar-refractivity contribution in [1.82, 2.24) is 19.8 Å². The van der Waals surface area contributed by atoms with Gasteiger partial charge in [0.05, 0.1) is 12.0 Å². The average Bonchev–Trinajstić information content (AvgIpc) is 2.74. The second-order valence-electron chi connectivity index (χ2n) is 5.68. The summed E-state index contributed by atoms with van der Waals surface area (Å²) in [6.45, 7) is 12.9. The van der Waals surface area contributed by atoms with E-state index in [1.807, 2.05) is 29.5 Å². The number of imidazole rings is 1. The lowest BCUT2D eigenvalue weighted by Gasteiger charge is -2.22. The Bertz CT molecular complexity index is 402. The summed E-state index contributed by atoms with van der Waals surface area (Å²) < 4.78 is 1.92. The van der Waals surface area contributed by atoms with Gasteiger partial charge in [0.1, 0.15) is 6.54 Å². The smallest absolute Gasteiger partial charge is 0.242 e.